The van der Waals surface area contributed by atoms with Gasteiger partial charge in [0.2, 0.25) is 5.95 Å². The van der Waals surface area contributed by atoms with E-state index in [0.717, 1.165) is 11.1 Å². The third kappa shape index (κ3) is 3.38. The van der Waals surface area contributed by atoms with E-state index < -0.39 is 0 Å². The zero-order valence-electron chi connectivity index (χ0n) is 10.3. The van der Waals surface area contributed by atoms with E-state index in [2.05, 4.69) is 9.97 Å². The van der Waals surface area contributed by atoms with Gasteiger partial charge in [0.25, 0.3) is 0 Å². The highest BCUT2D eigenvalue weighted by atomic mass is 35.5. The average Bonchev–Trinajstić information content (AvgIpc) is 2.35. The number of methoxy groups -OCH3 is 1. The zero-order valence-corrected chi connectivity index (χ0v) is 11.1. The van der Waals surface area contributed by atoms with E-state index in [1.807, 2.05) is 0 Å². The maximum absolute atomic E-state index is 9.50. The summed E-state index contributed by atoms with van der Waals surface area (Å²) in [5, 5.41) is 9.50. The molecule has 6 nitrogen and oxygen atoms in total. The van der Waals surface area contributed by atoms with Gasteiger partial charge in [0.1, 0.15) is 5.82 Å². The van der Waals surface area contributed by atoms with E-state index in [0.29, 0.717) is 18.0 Å². The fraction of sp³-hybridized carbons (Fsp3) is 0.167. The summed E-state index contributed by atoms with van der Waals surface area (Å²) in [4.78, 5) is 7.80. The zero-order chi connectivity index (χ0) is 13.1. The van der Waals surface area contributed by atoms with Crippen LogP contribution in [0, 0.1) is 0 Å². The van der Waals surface area contributed by atoms with Crippen LogP contribution in [0.15, 0.2) is 24.4 Å². The Labute approximate surface area is 116 Å². The molecular weight excluding hydrogens is 268 g/mol. The lowest BCUT2D eigenvalue weighted by Crippen LogP contribution is -2.04. The predicted molar refractivity (Wildman–Crippen MR) is 75.6 cm³/mol. The number of anilines is 2. The summed E-state index contributed by atoms with van der Waals surface area (Å²) in [6.07, 6.45) is 2.14. The van der Waals surface area contributed by atoms with Gasteiger partial charge in [0.05, 0.1) is 7.11 Å². The summed E-state index contributed by atoms with van der Waals surface area (Å²) in [5.74, 6) is 1.03. The highest BCUT2D eigenvalue weighted by Gasteiger charge is 2.07. The first-order chi connectivity index (χ1) is 8.60. The van der Waals surface area contributed by atoms with Crippen LogP contribution >= 0.6 is 12.4 Å². The fourth-order valence-electron chi connectivity index (χ4n) is 1.62. The summed E-state index contributed by atoms with van der Waals surface area (Å²) < 4.78 is 5.04. The predicted octanol–water partition coefficient (Wildman–Crippen LogP) is 1.37. The lowest BCUT2D eigenvalue weighted by Gasteiger charge is -2.08. The van der Waals surface area contributed by atoms with Crippen LogP contribution in [0.1, 0.15) is 11.1 Å². The van der Waals surface area contributed by atoms with E-state index in [1.54, 1.807) is 24.4 Å². The lowest BCUT2D eigenvalue weighted by atomic mass is 10.1. The monoisotopic (exact) mass is 282 g/mol. The van der Waals surface area contributed by atoms with Crippen LogP contribution in [0.2, 0.25) is 0 Å². The Bertz CT molecular complexity index is 578. The molecule has 0 saturated heterocycles. The molecule has 102 valence electrons. The van der Waals surface area contributed by atoms with Crippen molar-refractivity contribution in [2.75, 3.05) is 18.6 Å². The van der Waals surface area contributed by atoms with Gasteiger partial charge >= 0.3 is 0 Å². The first-order valence-corrected chi connectivity index (χ1v) is 5.33. The number of hydrogen-bond donors (Lipinski definition) is 3. The van der Waals surface area contributed by atoms with Crippen molar-refractivity contribution in [3.8, 4) is 11.5 Å². The minimum absolute atomic E-state index is 0. The summed E-state index contributed by atoms with van der Waals surface area (Å²) >= 11 is 0. The van der Waals surface area contributed by atoms with E-state index in [1.165, 1.54) is 7.11 Å². The van der Waals surface area contributed by atoms with Gasteiger partial charge in [0.15, 0.2) is 11.5 Å². The normalized spacial score (nSPS) is 9.74. The topological polar surface area (TPSA) is 107 Å². The molecule has 2 aromatic rings. The molecule has 0 amide bonds. The number of nitrogens with zero attached hydrogens (tertiary/aromatic N) is 2. The van der Waals surface area contributed by atoms with E-state index >= 15 is 0 Å². The second kappa shape index (κ2) is 6.10. The number of phenolic OH excluding ortho intramolecular Hbond substituents is 1. The number of benzene rings is 1. The number of aromatic nitrogens is 2. The molecule has 0 saturated carbocycles. The van der Waals surface area contributed by atoms with Crippen molar-refractivity contribution >= 4 is 24.2 Å². The van der Waals surface area contributed by atoms with Crippen LogP contribution in [0.4, 0.5) is 11.8 Å². The molecule has 1 aromatic heterocycles. The van der Waals surface area contributed by atoms with Crippen LogP contribution < -0.4 is 16.2 Å². The van der Waals surface area contributed by atoms with Crippen molar-refractivity contribution in [2.24, 2.45) is 0 Å². The maximum atomic E-state index is 9.50. The molecule has 0 aliphatic heterocycles. The van der Waals surface area contributed by atoms with E-state index in [-0.39, 0.29) is 24.1 Å². The summed E-state index contributed by atoms with van der Waals surface area (Å²) in [5.41, 5.74) is 12.9. The molecule has 5 N–H and O–H groups in total. The van der Waals surface area contributed by atoms with Gasteiger partial charge in [0, 0.05) is 18.2 Å². The average molecular weight is 283 g/mol. The lowest BCUT2D eigenvalue weighted by molar-refractivity contribution is 0.373. The molecule has 0 atom stereocenters. The molecule has 0 aliphatic rings. The van der Waals surface area contributed by atoms with Crippen molar-refractivity contribution in [2.45, 2.75) is 6.42 Å². The third-order valence-corrected chi connectivity index (χ3v) is 2.56. The van der Waals surface area contributed by atoms with Crippen LogP contribution in [-0.2, 0) is 6.42 Å². The van der Waals surface area contributed by atoms with Gasteiger partial charge in [-0.05, 0) is 17.7 Å². The molecule has 0 bridgehead atoms. The number of rotatable bonds is 3. The number of aromatic hydroxyl groups is 1. The summed E-state index contributed by atoms with van der Waals surface area (Å²) in [6, 6.07) is 5.10. The largest absolute Gasteiger partial charge is 0.504 e. The molecule has 0 fully saturated rings. The molecule has 2 rings (SSSR count). The van der Waals surface area contributed by atoms with Crippen LogP contribution in [-0.4, -0.2) is 22.2 Å². The van der Waals surface area contributed by atoms with Gasteiger partial charge in [-0.2, -0.15) is 4.98 Å². The molecule has 0 spiro atoms. The molecule has 19 heavy (non-hydrogen) atoms. The number of nitrogens with two attached hydrogens (primary N) is 2. The number of nitrogen functional groups attached to an aromatic ring is 2. The third-order valence-electron chi connectivity index (χ3n) is 2.56. The fourth-order valence-corrected chi connectivity index (χ4v) is 1.62. The van der Waals surface area contributed by atoms with Crippen LogP contribution in [0.5, 0.6) is 11.5 Å². The summed E-state index contributed by atoms with van der Waals surface area (Å²) in [6.45, 7) is 0. The maximum Gasteiger partial charge on any atom is 0.221 e. The molecule has 1 heterocycles. The molecular formula is C12H15ClN4O2. The Morgan fingerprint density at radius 2 is 2.05 bits per heavy atom. The first-order valence-electron chi connectivity index (χ1n) is 5.33. The van der Waals surface area contributed by atoms with Gasteiger partial charge in [-0.3, -0.25) is 0 Å². The highest BCUT2D eigenvalue weighted by Crippen LogP contribution is 2.27. The Balaban J connectivity index is 0.00000180. The minimum Gasteiger partial charge on any atom is -0.504 e. The smallest absolute Gasteiger partial charge is 0.221 e. The second-order valence-electron chi connectivity index (χ2n) is 3.82. The van der Waals surface area contributed by atoms with Crippen LogP contribution in [0.25, 0.3) is 0 Å². The number of hydrogen-bond acceptors (Lipinski definition) is 6. The Morgan fingerprint density at radius 3 is 2.68 bits per heavy atom. The molecule has 0 radical (unpaired) electrons. The van der Waals surface area contributed by atoms with E-state index in [4.69, 9.17) is 16.2 Å². The SMILES string of the molecule is COc1cc(Cc2cnc(N)nc2N)ccc1O.Cl. The quantitative estimate of drug-likeness (QED) is 0.785. The van der Waals surface area contributed by atoms with Gasteiger partial charge in [-0.1, -0.05) is 6.07 Å². The number of ether oxygens (including phenoxy) is 1. The molecule has 7 heteroatoms. The van der Waals surface area contributed by atoms with Gasteiger partial charge in [-0.25, -0.2) is 4.98 Å². The van der Waals surface area contributed by atoms with Crippen molar-refractivity contribution < 1.29 is 9.84 Å². The van der Waals surface area contributed by atoms with Crippen molar-refractivity contribution in [1.29, 1.82) is 0 Å². The first kappa shape index (κ1) is 14.8. The Morgan fingerprint density at radius 1 is 1.32 bits per heavy atom. The van der Waals surface area contributed by atoms with Gasteiger partial charge < -0.3 is 21.3 Å². The molecule has 1 aromatic carbocycles. The Kier molecular flexibility index (Phi) is 4.77. The number of halogens is 1. The van der Waals surface area contributed by atoms with Gasteiger partial charge in [-0.15, -0.1) is 12.4 Å². The van der Waals surface area contributed by atoms with Crippen molar-refractivity contribution in [1.82, 2.24) is 9.97 Å². The number of phenols is 1. The molecule has 0 unspecified atom stereocenters. The standard InChI is InChI=1S/C12H14N4O2.ClH/c1-18-10-5-7(2-3-9(10)17)4-8-6-15-12(14)16-11(8)13;/h2-3,5-6,17H,4H2,1H3,(H4,13,14,15,16);1H. The Hall–Kier alpha value is -2.21. The van der Waals surface area contributed by atoms with Crippen LogP contribution in [0.3, 0.4) is 0 Å². The molecule has 0 aliphatic carbocycles. The van der Waals surface area contributed by atoms with E-state index in [9.17, 15) is 5.11 Å². The van der Waals surface area contributed by atoms with Crippen molar-refractivity contribution in [3.05, 3.63) is 35.5 Å². The second-order valence-corrected chi connectivity index (χ2v) is 3.82. The summed E-state index contributed by atoms with van der Waals surface area (Å²) in [7, 11) is 1.50. The minimum atomic E-state index is 0. The highest BCUT2D eigenvalue weighted by molar-refractivity contribution is 5.85. The van der Waals surface area contributed by atoms with Crippen molar-refractivity contribution in [3.63, 3.8) is 0 Å².